The van der Waals surface area contributed by atoms with E-state index in [1.165, 1.54) is 31.4 Å². The van der Waals surface area contributed by atoms with E-state index < -0.39 is 104 Å². The molecule has 59 heavy (non-hydrogen) atoms. The smallest absolute Gasteiger partial charge is 0.338 e. The van der Waals surface area contributed by atoms with Crippen LogP contribution in [0.25, 0.3) is 0 Å². The van der Waals surface area contributed by atoms with E-state index in [9.17, 15) is 24.3 Å². The lowest BCUT2D eigenvalue weighted by Gasteiger charge is -2.50. The van der Waals surface area contributed by atoms with Crippen molar-refractivity contribution in [2.75, 3.05) is 26.2 Å². The Morgan fingerprint density at radius 3 is 1.75 bits per heavy atom. The summed E-state index contributed by atoms with van der Waals surface area (Å²) in [5.74, 6) is -3.78. The van der Waals surface area contributed by atoms with Gasteiger partial charge in [0.05, 0.1) is 23.3 Å². The number of halogens is 1. The molecule has 15 nitrogen and oxygen atoms in total. The lowest BCUT2D eigenvalue weighted by molar-refractivity contribution is -0.384. The Morgan fingerprint density at radius 2 is 1.19 bits per heavy atom. The van der Waals surface area contributed by atoms with Gasteiger partial charge < -0.3 is 52.5 Å². The molecule has 0 amide bonds. The number of carbonyl (C=O) groups excluding carboxylic acids is 4. The molecule has 3 heterocycles. The molecule has 11 atom stereocenters. The number of carbonyl (C=O) groups is 4. The van der Waals surface area contributed by atoms with Gasteiger partial charge in [0.25, 0.3) is 0 Å². The number of hydrogen-bond acceptors (Lipinski definition) is 15. The van der Waals surface area contributed by atoms with Crippen LogP contribution in [-0.2, 0) is 52.2 Å². The van der Waals surface area contributed by atoms with Gasteiger partial charge in [-0.05, 0) is 36.4 Å². The van der Waals surface area contributed by atoms with Gasteiger partial charge in [0.15, 0.2) is 37.2 Å². The number of rotatable bonds is 13. The molecule has 3 aliphatic heterocycles. The molecule has 0 spiro atoms. The first-order valence-electron chi connectivity index (χ1n) is 18.7. The molecule has 0 bridgehead atoms. The van der Waals surface area contributed by atoms with Crippen LogP contribution in [0.3, 0.4) is 0 Å². The quantitative estimate of drug-likeness (QED) is 0.114. The minimum Gasteiger partial charge on any atom is -0.459 e. The number of fused-ring (bicyclic) bond motifs is 1. The van der Waals surface area contributed by atoms with E-state index in [1.807, 2.05) is 6.07 Å². The number of ether oxygens (including phenoxy) is 10. The van der Waals surface area contributed by atoms with Crippen molar-refractivity contribution >= 4 is 35.5 Å². The van der Waals surface area contributed by atoms with Crippen LogP contribution in [0.5, 0.6) is 0 Å². The Morgan fingerprint density at radius 1 is 0.644 bits per heavy atom. The zero-order chi connectivity index (χ0) is 41.3. The largest absolute Gasteiger partial charge is 0.459 e. The van der Waals surface area contributed by atoms with Crippen LogP contribution in [0.15, 0.2) is 121 Å². The van der Waals surface area contributed by atoms with Gasteiger partial charge in [0.2, 0.25) is 0 Å². The van der Waals surface area contributed by atoms with Crippen molar-refractivity contribution in [3.05, 3.63) is 144 Å². The highest BCUT2D eigenvalue weighted by Crippen LogP contribution is 2.38. The second-order valence-corrected chi connectivity index (χ2v) is 13.9. The molecule has 3 aliphatic rings. The molecule has 0 unspecified atom stereocenters. The van der Waals surface area contributed by atoms with Crippen LogP contribution in [0.4, 0.5) is 0 Å². The maximum atomic E-state index is 13.8. The van der Waals surface area contributed by atoms with E-state index in [0.29, 0.717) is 5.56 Å². The molecule has 7 rings (SSSR count). The summed E-state index contributed by atoms with van der Waals surface area (Å²) in [5.41, 5.74) is 1.21. The summed E-state index contributed by atoms with van der Waals surface area (Å²) in [5, 5.41) is 11.9. The van der Waals surface area contributed by atoms with Crippen molar-refractivity contribution in [1.82, 2.24) is 0 Å². The zero-order valence-corrected chi connectivity index (χ0v) is 32.3. The van der Waals surface area contributed by atoms with Gasteiger partial charge in [-0.1, -0.05) is 84.9 Å². The Balaban J connectivity index is 1.24. The second kappa shape index (κ2) is 19.7. The summed E-state index contributed by atoms with van der Waals surface area (Å²) < 4.78 is 60.3. The number of methoxy groups -OCH3 is 1. The van der Waals surface area contributed by atoms with E-state index in [2.05, 4.69) is 0 Å². The predicted molar refractivity (Wildman–Crippen MR) is 204 cm³/mol. The third-order valence-electron chi connectivity index (χ3n) is 9.76. The summed E-state index contributed by atoms with van der Waals surface area (Å²) in [6, 6.07) is 33.2. The molecular formula is C43H41ClO15. The van der Waals surface area contributed by atoms with Gasteiger partial charge in [0.1, 0.15) is 43.0 Å². The highest BCUT2D eigenvalue weighted by atomic mass is 35.5. The zero-order valence-electron chi connectivity index (χ0n) is 31.6. The number of aliphatic hydroxyl groups excluding tert-OH is 1. The third kappa shape index (κ3) is 9.98. The molecule has 310 valence electrons. The molecule has 0 radical (unpaired) electrons. The maximum Gasteiger partial charge on any atom is 0.338 e. The molecule has 16 heteroatoms. The van der Waals surface area contributed by atoms with Gasteiger partial charge in [-0.3, -0.25) is 4.79 Å². The van der Waals surface area contributed by atoms with E-state index in [-0.39, 0.29) is 23.3 Å². The first-order chi connectivity index (χ1) is 28.7. The molecular weight excluding hydrogens is 792 g/mol. The van der Waals surface area contributed by atoms with Crippen LogP contribution in [0.2, 0.25) is 0 Å². The van der Waals surface area contributed by atoms with Crippen LogP contribution in [-0.4, -0.2) is 117 Å². The Kier molecular flexibility index (Phi) is 14.0. The molecule has 0 aromatic heterocycles. The van der Waals surface area contributed by atoms with E-state index in [0.717, 1.165) is 0 Å². The predicted octanol–water partition coefficient (Wildman–Crippen LogP) is 4.40. The van der Waals surface area contributed by atoms with E-state index >= 15 is 0 Å². The summed E-state index contributed by atoms with van der Waals surface area (Å²) in [4.78, 5) is 53.3. The monoisotopic (exact) mass is 832 g/mol. The fourth-order valence-corrected chi connectivity index (χ4v) is 6.96. The molecule has 4 aromatic carbocycles. The lowest BCUT2D eigenvalue weighted by atomic mass is 9.95. The Hall–Kier alpha value is -5.23. The van der Waals surface area contributed by atoms with Crippen molar-refractivity contribution in [3.8, 4) is 0 Å². The molecule has 3 saturated heterocycles. The van der Waals surface area contributed by atoms with Crippen molar-refractivity contribution < 1.29 is 71.7 Å². The number of hydrogen-bond donors (Lipinski definition) is 1. The highest BCUT2D eigenvalue weighted by molar-refractivity contribution is 6.26. The number of alkyl halides is 1. The molecule has 0 aliphatic carbocycles. The summed E-state index contributed by atoms with van der Waals surface area (Å²) in [7, 11) is 1.29. The first kappa shape index (κ1) is 41.9. The fourth-order valence-electron chi connectivity index (χ4n) is 6.90. The van der Waals surface area contributed by atoms with Gasteiger partial charge in [-0.2, -0.15) is 0 Å². The molecule has 4 aromatic rings. The standard InChI is InChI=1S/C43H41ClO15/c1-50-43-37(57-40(49)27-18-10-4-11-19-27)36(56-39(48)26-16-8-3-9-17-26)34(29(54-43)23-51-38(47)25-14-6-2-7-15-25)59-42-32(46)35(55-31(45)22-44)33-30(53-42)24-52-41(58-33)28-20-12-5-13-21-28/h2-21,29-30,32-37,41-43,46H,22-24H2,1H3/t29-,30-,32-,33+,34-,35-,36+,37-,41-,42+,43-/m1/s1. The molecule has 3 fully saturated rings. The summed E-state index contributed by atoms with van der Waals surface area (Å²) in [6.07, 6.45) is -15.2. The van der Waals surface area contributed by atoms with Crippen LogP contribution < -0.4 is 0 Å². The van der Waals surface area contributed by atoms with Crippen LogP contribution in [0, 0.1) is 0 Å². The van der Waals surface area contributed by atoms with Gasteiger partial charge in [-0.15, -0.1) is 11.6 Å². The van der Waals surface area contributed by atoms with Crippen molar-refractivity contribution in [2.24, 2.45) is 0 Å². The Labute approximate surface area is 343 Å². The van der Waals surface area contributed by atoms with Gasteiger partial charge in [0, 0.05) is 12.7 Å². The first-order valence-corrected chi connectivity index (χ1v) is 19.3. The average Bonchev–Trinajstić information content (AvgIpc) is 3.29. The van der Waals surface area contributed by atoms with Gasteiger partial charge >= 0.3 is 23.9 Å². The number of benzene rings is 4. The fraction of sp³-hybridized carbons (Fsp3) is 0.349. The number of esters is 4. The normalized spacial score (nSPS) is 29.0. The van der Waals surface area contributed by atoms with E-state index in [1.54, 1.807) is 91.0 Å². The molecule has 0 saturated carbocycles. The highest BCUT2D eigenvalue weighted by Gasteiger charge is 2.57. The topological polar surface area (TPSA) is 181 Å². The Bertz CT molecular complexity index is 2010. The summed E-state index contributed by atoms with van der Waals surface area (Å²) >= 11 is 5.84. The number of aliphatic hydroxyl groups is 1. The van der Waals surface area contributed by atoms with Crippen LogP contribution >= 0.6 is 11.6 Å². The maximum absolute atomic E-state index is 13.8. The van der Waals surface area contributed by atoms with Crippen molar-refractivity contribution in [2.45, 2.75) is 67.7 Å². The second-order valence-electron chi connectivity index (χ2n) is 13.6. The SMILES string of the molecule is CO[C@@H]1O[C@H](COC(=O)c2ccccc2)[C@@H](O[C@@H]2O[C@@H]3CO[C@@H](c4ccccc4)O[C@@H]3[C@H](OC(=O)CCl)[C@H]2O)[C@H](OC(=O)c2ccccc2)[C@H]1OC(=O)c1ccccc1. The summed E-state index contributed by atoms with van der Waals surface area (Å²) in [6.45, 7) is -0.609. The van der Waals surface area contributed by atoms with E-state index in [4.69, 9.17) is 59.0 Å². The lowest BCUT2D eigenvalue weighted by Crippen LogP contribution is -2.67. The van der Waals surface area contributed by atoms with Gasteiger partial charge in [-0.25, -0.2) is 14.4 Å². The molecule has 1 N–H and O–H groups in total. The minimum absolute atomic E-state index is 0.0967. The average molecular weight is 833 g/mol. The van der Waals surface area contributed by atoms with Crippen molar-refractivity contribution in [1.29, 1.82) is 0 Å². The van der Waals surface area contributed by atoms with Crippen molar-refractivity contribution in [3.63, 3.8) is 0 Å². The third-order valence-corrected chi connectivity index (χ3v) is 9.98. The van der Waals surface area contributed by atoms with Crippen LogP contribution in [0.1, 0.15) is 42.9 Å². The minimum atomic E-state index is -1.76.